The predicted octanol–water partition coefficient (Wildman–Crippen LogP) is 5.04. The minimum absolute atomic E-state index is 0.0150. The molecule has 2 aromatic heterocycles. The van der Waals surface area contributed by atoms with Gasteiger partial charge in [-0.25, -0.2) is 23.7 Å². The summed E-state index contributed by atoms with van der Waals surface area (Å²) in [6.45, 7) is 2.34. The predicted molar refractivity (Wildman–Crippen MR) is 147 cm³/mol. The van der Waals surface area contributed by atoms with E-state index in [1.807, 2.05) is 11.2 Å². The van der Waals surface area contributed by atoms with Crippen LogP contribution in [-0.2, 0) is 9.47 Å². The van der Waals surface area contributed by atoms with E-state index in [-0.39, 0.29) is 35.0 Å². The lowest BCUT2D eigenvalue weighted by molar-refractivity contribution is 0.0512. The van der Waals surface area contributed by atoms with Gasteiger partial charge < -0.3 is 23.8 Å². The lowest BCUT2D eigenvalue weighted by Gasteiger charge is -2.24. The third kappa shape index (κ3) is 5.03. The molecule has 0 spiro atoms. The zero-order valence-corrected chi connectivity index (χ0v) is 22.5. The molecule has 2 aromatic carbocycles. The van der Waals surface area contributed by atoms with Gasteiger partial charge in [0.2, 0.25) is 5.88 Å². The fourth-order valence-corrected chi connectivity index (χ4v) is 5.02. The van der Waals surface area contributed by atoms with Gasteiger partial charge in [0.25, 0.3) is 0 Å². The number of fused-ring (bicyclic) bond motifs is 2. The third-order valence-electron chi connectivity index (χ3n) is 6.39. The van der Waals surface area contributed by atoms with Crippen molar-refractivity contribution in [1.82, 2.24) is 15.0 Å². The summed E-state index contributed by atoms with van der Waals surface area (Å²) in [4.78, 5) is 15.8. The van der Waals surface area contributed by atoms with Crippen LogP contribution in [0.1, 0.15) is 12.0 Å². The highest BCUT2D eigenvalue weighted by atomic mass is 32.2. The summed E-state index contributed by atoms with van der Waals surface area (Å²) in [5.74, 6) is 2.09. The minimum atomic E-state index is -0.715. The number of halogens is 2. The molecule has 1 fully saturated rings. The number of thioether (sulfide) groups is 1. The van der Waals surface area contributed by atoms with Crippen LogP contribution in [0.15, 0.2) is 29.4 Å². The highest BCUT2D eigenvalue weighted by molar-refractivity contribution is 7.98. The summed E-state index contributed by atoms with van der Waals surface area (Å²) < 4.78 is 53.4. The van der Waals surface area contributed by atoms with Gasteiger partial charge >= 0.3 is 0 Å². The van der Waals surface area contributed by atoms with E-state index in [9.17, 15) is 4.39 Å². The first-order valence-corrected chi connectivity index (χ1v) is 13.4. The number of benzene rings is 2. The molecule has 1 aliphatic heterocycles. The molecule has 0 aliphatic carbocycles. The third-order valence-corrected chi connectivity index (χ3v) is 6.94. The summed E-state index contributed by atoms with van der Waals surface area (Å²) in [6, 6.07) is 6.06. The molecule has 1 aliphatic rings. The van der Waals surface area contributed by atoms with Crippen LogP contribution < -0.4 is 14.4 Å². The Morgan fingerprint density at radius 1 is 1.10 bits per heavy atom. The number of aromatic nitrogens is 3. The highest BCUT2D eigenvalue weighted by Gasteiger charge is 2.27. The van der Waals surface area contributed by atoms with E-state index in [2.05, 4.69) is 15.9 Å². The van der Waals surface area contributed by atoms with Crippen molar-refractivity contribution in [2.45, 2.75) is 11.6 Å². The van der Waals surface area contributed by atoms with Crippen LogP contribution in [0.3, 0.4) is 0 Å². The Morgan fingerprint density at radius 3 is 2.69 bits per heavy atom. The molecule has 0 saturated carbocycles. The van der Waals surface area contributed by atoms with Crippen molar-refractivity contribution in [3.63, 3.8) is 0 Å². The minimum Gasteiger partial charge on any atom is -0.480 e. The van der Waals surface area contributed by atoms with Crippen LogP contribution in [0.4, 0.5) is 14.6 Å². The molecule has 5 rings (SSSR count). The molecule has 0 unspecified atom stereocenters. The quantitative estimate of drug-likeness (QED) is 0.136. The standard InChI is InChI=1S/C28H26F2N4O4S/c1-5-18-20(29)8-7-16-13-17(38-15-35-2)14-19(21(16)18)24-23(30)25-22(27(31-24)36-3)26(33-28(32-25)39-4)34-9-6-11-37-12-10-34/h1,7-8,13-14H,6,9-12,15H2,2-4H3. The second-order valence-corrected chi connectivity index (χ2v) is 9.45. The van der Waals surface area contributed by atoms with Crippen LogP contribution in [0.5, 0.6) is 11.6 Å². The summed E-state index contributed by atoms with van der Waals surface area (Å²) in [5.41, 5.74) is 0.146. The van der Waals surface area contributed by atoms with Gasteiger partial charge in [-0.15, -0.1) is 6.42 Å². The largest absolute Gasteiger partial charge is 0.480 e. The van der Waals surface area contributed by atoms with E-state index < -0.39 is 11.6 Å². The number of hydrogen-bond acceptors (Lipinski definition) is 9. The molecule has 3 heterocycles. The molecule has 0 amide bonds. The van der Waals surface area contributed by atoms with Gasteiger partial charge in [0.1, 0.15) is 34.0 Å². The van der Waals surface area contributed by atoms with E-state index >= 15 is 4.39 Å². The van der Waals surface area contributed by atoms with Gasteiger partial charge in [-0.05, 0) is 36.3 Å². The Balaban J connectivity index is 1.85. The van der Waals surface area contributed by atoms with Gasteiger partial charge in [0.15, 0.2) is 17.8 Å². The number of hydrogen-bond donors (Lipinski definition) is 0. The summed E-state index contributed by atoms with van der Waals surface area (Å²) in [6.07, 6.45) is 8.31. The molecular weight excluding hydrogens is 526 g/mol. The molecule has 0 atom stereocenters. The Bertz CT molecular complexity index is 1590. The first-order chi connectivity index (χ1) is 19.0. The van der Waals surface area contributed by atoms with E-state index in [1.54, 1.807) is 18.2 Å². The zero-order chi connectivity index (χ0) is 27.5. The van der Waals surface area contributed by atoms with E-state index in [4.69, 9.17) is 30.4 Å². The van der Waals surface area contributed by atoms with Crippen molar-refractivity contribution >= 4 is 39.3 Å². The Kier molecular flexibility index (Phi) is 7.97. The van der Waals surface area contributed by atoms with E-state index in [0.717, 1.165) is 6.42 Å². The van der Waals surface area contributed by atoms with E-state index in [0.29, 0.717) is 59.2 Å². The van der Waals surface area contributed by atoms with Crippen molar-refractivity contribution in [2.24, 2.45) is 0 Å². The molecule has 0 bridgehead atoms. The molecule has 202 valence electrons. The average Bonchev–Trinajstić information content (AvgIpc) is 3.25. The molecule has 1 saturated heterocycles. The number of nitrogens with zero attached hydrogens (tertiary/aromatic N) is 4. The lowest BCUT2D eigenvalue weighted by Crippen LogP contribution is -2.27. The van der Waals surface area contributed by atoms with Crippen LogP contribution in [0, 0.1) is 24.0 Å². The second-order valence-electron chi connectivity index (χ2n) is 8.68. The molecule has 39 heavy (non-hydrogen) atoms. The van der Waals surface area contributed by atoms with Crippen LogP contribution in [0.2, 0.25) is 0 Å². The lowest BCUT2D eigenvalue weighted by atomic mass is 9.95. The maximum absolute atomic E-state index is 16.6. The van der Waals surface area contributed by atoms with E-state index in [1.165, 1.54) is 32.0 Å². The smallest absolute Gasteiger partial charge is 0.227 e. The highest BCUT2D eigenvalue weighted by Crippen LogP contribution is 2.42. The number of anilines is 1. The van der Waals surface area contributed by atoms with Crippen molar-refractivity contribution in [3.8, 4) is 35.2 Å². The summed E-state index contributed by atoms with van der Waals surface area (Å²) in [7, 11) is 2.93. The molecule has 4 aromatic rings. The first-order valence-electron chi connectivity index (χ1n) is 12.2. The maximum Gasteiger partial charge on any atom is 0.227 e. The van der Waals surface area contributed by atoms with Gasteiger partial charge in [0.05, 0.1) is 19.3 Å². The van der Waals surface area contributed by atoms with Crippen molar-refractivity contribution in [2.75, 3.05) is 58.5 Å². The molecule has 0 N–H and O–H groups in total. The van der Waals surface area contributed by atoms with Crippen LogP contribution in [0.25, 0.3) is 32.9 Å². The molecule has 8 nitrogen and oxygen atoms in total. The molecule has 11 heteroatoms. The normalized spacial score (nSPS) is 13.9. The monoisotopic (exact) mass is 552 g/mol. The fraction of sp³-hybridized carbons (Fsp3) is 0.321. The van der Waals surface area contributed by atoms with Crippen molar-refractivity contribution in [3.05, 3.63) is 41.5 Å². The van der Waals surface area contributed by atoms with Crippen molar-refractivity contribution < 1.29 is 27.7 Å². The van der Waals surface area contributed by atoms with Crippen molar-refractivity contribution in [1.29, 1.82) is 0 Å². The molecular formula is C28H26F2N4O4S. The van der Waals surface area contributed by atoms with Gasteiger partial charge in [-0.2, -0.15) is 0 Å². The number of terminal acetylenes is 1. The second kappa shape index (κ2) is 11.6. The first kappa shape index (κ1) is 26.9. The fourth-order valence-electron chi connectivity index (χ4n) is 4.66. The Labute approximate surface area is 228 Å². The Hall–Kier alpha value is -3.72. The summed E-state index contributed by atoms with van der Waals surface area (Å²) >= 11 is 1.29. The SMILES string of the molecule is C#Cc1c(F)ccc2cc(OCOC)cc(-c3nc(OC)c4c(N5CCCOCC5)nc(SC)nc4c3F)c12. The number of ether oxygens (including phenoxy) is 4. The van der Waals surface area contributed by atoms with Crippen LogP contribution >= 0.6 is 11.8 Å². The number of pyridine rings is 1. The molecule has 0 radical (unpaired) electrons. The number of rotatable bonds is 7. The topological polar surface area (TPSA) is 78.8 Å². The summed E-state index contributed by atoms with van der Waals surface area (Å²) in [5, 5.41) is 1.60. The number of methoxy groups -OCH3 is 2. The van der Waals surface area contributed by atoms with Gasteiger partial charge in [-0.1, -0.05) is 23.7 Å². The Morgan fingerprint density at radius 2 is 1.95 bits per heavy atom. The average molecular weight is 553 g/mol. The van der Waals surface area contributed by atoms with Gasteiger partial charge in [0, 0.05) is 37.8 Å². The zero-order valence-electron chi connectivity index (χ0n) is 21.7. The van der Waals surface area contributed by atoms with Gasteiger partial charge in [-0.3, -0.25) is 0 Å². The van der Waals surface area contributed by atoms with Crippen LogP contribution in [-0.4, -0.2) is 68.5 Å². The maximum atomic E-state index is 16.6.